The molecular formula is C7H15N3O3. The predicted octanol–water partition coefficient (Wildman–Crippen LogP) is -1.46. The number of carbonyl (C=O) groups excluding carboxylic acids is 2. The highest BCUT2D eigenvalue weighted by Crippen LogP contribution is 1.97. The summed E-state index contributed by atoms with van der Waals surface area (Å²) < 4.78 is 0. The van der Waals surface area contributed by atoms with E-state index in [1.807, 2.05) is 5.32 Å². The number of rotatable bonds is 4. The molecule has 0 aliphatic rings. The van der Waals surface area contributed by atoms with Gasteiger partial charge >= 0.3 is 6.03 Å². The van der Waals surface area contributed by atoms with E-state index in [1.165, 1.54) is 0 Å². The molecule has 0 spiro atoms. The third kappa shape index (κ3) is 6.06. The summed E-state index contributed by atoms with van der Waals surface area (Å²) in [5, 5.41) is 13.4. The lowest BCUT2D eigenvalue weighted by atomic mass is 10.1. The molecule has 0 unspecified atom stereocenters. The van der Waals surface area contributed by atoms with E-state index in [2.05, 4.69) is 5.32 Å². The number of nitrogens with one attached hydrogen (secondary N) is 2. The van der Waals surface area contributed by atoms with Crippen molar-refractivity contribution in [3.05, 3.63) is 0 Å². The maximum atomic E-state index is 10.9. The molecule has 0 heterocycles. The third-order valence-corrected chi connectivity index (χ3v) is 1.39. The number of nitrogens with two attached hydrogens (primary N) is 1. The molecule has 5 N–H and O–H groups in total. The number of aliphatic hydroxyl groups excluding tert-OH is 1. The van der Waals surface area contributed by atoms with Crippen LogP contribution in [-0.4, -0.2) is 35.7 Å². The van der Waals surface area contributed by atoms with Crippen LogP contribution in [-0.2, 0) is 4.79 Å². The number of carbonyl (C=O) groups is 2. The predicted molar refractivity (Wildman–Crippen MR) is 46.9 cm³/mol. The van der Waals surface area contributed by atoms with Gasteiger partial charge < -0.3 is 16.2 Å². The van der Waals surface area contributed by atoms with Crippen molar-refractivity contribution in [1.82, 2.24) is 10.6 Å². The van der Waals surface area contributed by atoms with Crippen LogP contribution in [0.25, 0.3) is 0 Å². The van der Waals surface area contributed by atoms with E-state index >= 15 is 0 Å². The lowest BCUT2D eigenvalue weighted by Crippen LogP contribution is -2.49. The van der Waals surface area contributed by atoms with Crippen LogP contribution in [0.15, 0.2) is 0 Å². The van der Waals surface area contributed by atoms with E-state index in [0.29, 0.717) is 0 Å². The van der Waals surface area contributed by atoms with Crippen LogP contribution in [0, 0.1) is 0 Å². The van der Waals surface area contributed by atoms with Gasteiger partial charge in [-0.15, -0.1) is 0 Å². The summed E-state index contributed by atoms with van der Waals surface area (Å²) in [4.78, 5) is 21.1. The Morgan fingerprint density at radius 1 is 1.46 bits per heavy atom. The van der Waals surface area contributed by atoms with Crippen LogP contribution in [0.5, 0.6) is 0 Å². The molecule has 0 saturated carbocycles. The Bertz CT molecular complexity index is 203. The fourth-order valence-corrected chi connectivity index (χ4v) is 0.557. The van der Waals surface area contributed by atoms with E-state index in [0.717, 1.165) is 0 Å². The first-order valence-corrected chi connectivity index (χ1v) is 3.82. The van der Waals surface area contributed by atoms with Gasteiger partial charge in [-0.05, 0) is 13.8 Å². The minimum absolute atomic E-state index is 0.0590. The summed E-state index contributed by atoms with van der Waals surface area (Å²) in [5.41, 5.74) is 4.17. The van der Waals surface area contributed by atoms with Crippen LogP contribution in [0.3, 0.4) is 0 Å². The minimum atomic E-state index is -0.881. The van der Waals surface area contributed by atoms with Crippen molar-refractivity contribution >= 4 is 11.9 Å². The van der Waals surface area contributed by atoms with Crippen LogP contribution < -0.4 is 16.4 Å². The number of primary amides is 1. The molecule has 0 aromatic heterocycles. The van der Waals surface area contributed by atoms with Crippen LogP contribution >= 0.6 is 0 Å². The van der Waals surface area contributed by atoms with E-state index in [1.54, 1.807) is 13.8 Å². The first-order valence-electron chi connectivity index (χ1n) is 3.82. The standard InChI is InChI=1S/C7H15N3O3/c1-7(2,4-11)9-3-5(12)10-6(8)13/h9,11H,3-4H2,1-2H3,(H3,8,10,12,13). The maximum Gasteiger partial charge on any atom is 0.318 e. The van der Waals surface area contributed by atoms with Crippen LogP contribution in [0.4, 0.5) is 4.79 Å². The summed E-state index contributed by atoms with van der Waals surface area (Å²) in [6.07, 6.45) is 0. The van der Waals surface area contributed by atoms with Gasteiger partial charge in [0, 0.05) is 5.54 Å². The van der Waals surface area contributed by atoms with Gasteiger partial charge in [0.2, 0.25) is 5.91 Å². The van der Waals surface area contributed by atoms with Crippen molar-refractivity contribution in [2.75, 3.05) is 13.2 Å². The first kappa shape index (κ1) is 11.9. The number of amides is 3. The number of urea groups is 1. The fourth-order valence-electron chi connectivity index (χ4n) is 0.557. The average Bonchev–Trinajstić information content (AvgIpc) is 2.00. The lowest BCUT2D eigenvalue weighted by Gasteiger charge is -2.22. The number of aliphatic hydroxyl groups is 1. The Balaban J connectivity index is 3.76. The Labute approximate surface area is 76.5 Å². The van der Waals surface area contributed by atoms with Crippen LogP contribution in [0.2, 0.25) is 0 Å². The zero-order chi connectivity index (χ0) is 10.5. The Morgan fingerprint density at radius 2 is 2.00 bits per heavy atom. The van der Waals surface area contributed by atoms with Gasteiger partial charge in [-0.3, -0.25) is 10.1 Å². The summed E-state index contributed by atoms with van der Waals surface area (Å²) in [5.74, 6) is -0.519. The zero-order valence-electron chi connectivity index (χ0n) is 7.76. The Hall–Kier alpha value is -1.14. The van der Waals surface area contributed by atoms with Crippen molar-refractivity contribution in [2.24, 2.45) is 5.73 Å². The van der Waals surface area contributed by atoms with Crippen molar-refractivity contribution in [3.8, 4) is 0 Å². The molecule has 0 aromatic carbocycles. The van der Waals surface area contributed by atoms with Crippen molar-refractivity contribution in [2.45, 2.75) is 19.4 Å². The van der Waals surface area contributed by atoms with Gasteiger partial charge in [0.05, 0.1) is 13.2 Å². The fraction of sp³-hybridized carbons (Fsp3) is 0.714. The SMILES string of the molecule is CC(C)(CO)NCC(=O)NC(N)=O. The van der Waals surface area contributed by atoms with Crippen molar-refractivity contribution in [1.29, 1.82) is 0 Å². The molecule has 0 radical (unpaired) electrons. The Kier molecular flexibility index (Phi) is 4.36. The van der Waals surface area contributed by atoms with Gasteiger partial charge in [0.25, 0.3) is 0 Å². The average molecular weight is 189 g/mol. The zero-order valence-corrected chi connectivity index (χ0v) is 7.76. The molecule has 3 amide bonds. The van der Waals surface area contributed by atoms with Crippen molar-refractivity contribution in [3.63, 3.8) is 0 Å². The second kappa shape index (κ2) is 4.78. The van der Waals surface area contributed by atoms with Gasteiger partial charge in [0.1, 0.15) is 0 Å². The lowest BCUT2D eigenvalue weighted by molar-refractivity contribution is -0.119. The smallest absolute Gasteiger partial charge is 0.318 e. The highest BCUT2D eigenvalue weighted by atomic mass is 16.3. The van der Waals surface area contributed by atoms with E-state index in [-0.39, 0.29) is 13.2 Å². The number of hydrogen-bond acceptors (Lipinski definition) is 4. The second-order valence-electron chi connectivity index (χ2n) is 3.31. The third-order valence-electron chi connectivity index (χ3n) is 1.39. The largest absolute Gasteiger partial charge is 0.394 e. The molecule has 0 aliphatic heterocycles. The molecule has 13 heavy (non-hydrogen) atoms. The molecule has 0 aromatic rings. The van der Waals surface area contributed by atoms with Gasteiger partial charge in [-0.1, -0.05) is 0 Å². The van der Waals surface area contributed by atoms with Gasteiger partial charge in [-0.25, -0.2) is 4.79 Å². The summed E-state index contributed by atoms with van der Waals surface area (Å²) in [7, 11) is 0. The minimum Gasteiger partial charge on any atom is -0.394 e. The first-order chi connectivity index (χ1) is 5.87. The molecule has 0 bridgehead atoms. The summed E-state index contributed by atoms with van der Waals surface area (Å²) in [6, 6.07) is -0.881. The van der Waals surface area contributed by atoms with E-state index < -0.39 is 17.5 Å². The highest BCUT2D eigenvalue weighted by Gasteiger charge is 2.16. The molecule has 0 atom stereocenters. The highest BCUT2D eigenvalue weighted by molar-refractivity contribution is 5.94. The second-order valence-corrected chi connectivity index (χ2v) is 3.31. The van der Waals surface area contributed by atoms with Crippen molar-refractivity contribution < 1.29 is 14.7 Å². The molecule has 0 saturated heterocycles. The quantitative estimate of drug-likeness (QED) is 0.434. The molecule has 76 valence electrons. The number of imide groups is 1. The monoisotopic (exact) mass is 189 g/mol. The summed E-state index contributed by atoms with van der Waals surface area (Å²) >= 11 is 0. The molecule has 0 fully saturated rings. The van der Waals surface area contributed by atoms with E-state index in [9.17, 15) is 9.59 Å². The molecule has 0 aliphatic carbocycles. The maximum absolute atomic E-state index is 10.9. The normalized spacial score (nSPS) is 11.0. The molecular weight excluding hydrogens is 174 g/mol. The topological polar surface area (TPSA) is 104 Å². The van der Waals surface area contributed by atoms with Gasteiger partial charge in [0.15, 0.2) is 0 Å². The molecule has 6 heteroatoms. The summed E-state index contributed by atoms with van der Waals surface area (Å²) in [6.45, 7) is 3.29. The van der Waals surface area contributed by atoms with Gasteiger partial charge in [-0.2, -0.15) is 0 Å². The van der Waals surface area contributed by atoms with Crippen LogP contribution in [0.1, 0.15) is 13.8 Å². The van der Waals surface area contributed by atoms with E-state index in [4.69, 9.17) is 10.8 Å². The molecule has 0 rings (SSSR count). The number of hydrogen-bond donors (Lipinski definition) is 4. The molecule has 6 nitrogen and oxygen atoms in total. The Morgan fingerprint density at radius 3 is 2.38 bits per heavy atom.